The minimum atomic E-state index is -0.123. The fourth-order valence-electron chi connectivity index (χ4n) is 3.51. The van der Waals surface area contributed by atoms with Crippen LogP contribution in [-0.4, -0.2) is 35.1 Å². The third-order valence-electron chi connectivity index (χ3n) is 4.90. The summed E-state index contributed by atoms with van der Waals surface area (Å²) in [5, 5.41) is 8.42. The first-order valence-electron chi connectivity index (χ1n) is 9.06. The van der Waals surface area contributed by atoms with Crippen molar-refractivity contribution in [2.75, 3.05) is 18.4 Å². The Morgan fingerprint density at radius 3 is 2.57 bits per heavy atom. The molecule has 1 aliphatic heterocycles. The zero-order valence-corrected chi connectivity index (χ0v) is 16.8. The lowest BCUT2D eigenvalue weighted by Gasteiger charge is -2.18. The smallest absolute Gasteiger partial charge is 0.259 e. The van der Waals surface area contributed by atoms with Gasteiger partial charge in [0.2, 0.25) is 0 Å². The summed E-state index contributed by atoms with van der Waals surface area (Å²) in [6.07, 6.45) is 0.868. The molecule has 3 aromatic rings. The number of para-hydroxylation sites is 1. The zero-order chi connectivity index (χ0) is 19.7. The van der Waals surface area contributed by atoms with Gasteiger partial charge in [0.25, 0.3) is 5.91 Å². The van der Waals surface area contributed by atoms with E-state index < -0.39 is 0 Å². The first-order chi connectivity index (χ1) is 13.5. The number of amides is 1. The number of aromatic nitrogens is 1. The van der Waals surface area contributed by atoms with Crippen molar-refractivity contribution < 1.29 is 9.32 Å². The van der Waals surface area contributed by atoms with Crippen LogP contribution in [0.25, 0.3) is 11.3 Å². The number of carbonyl (C=O) groups excluding carboxylic acids is 1. The third-order valence-corrected chi connectivity index (χ3v) is 5.53. The minimum absolute atomic E-state index is 0.123. The van der Waals surface area contributed by atoms with Gasteiger partial charge >= 0.3 is 0 Å². The van der Waals surface area contributed by atoms with Crippen LogP contribution in [-0.2, 0) is 0 Å². The highest BCUT2D eigenvalue weighted by molar-refractivity contribution is 6.39. The summed E-state index contributed by atoms with van der Waals surface area (Å²) in [6, 6.07) is 15.4. The van der Waals surface area contributed by atoms with Gasteiger partial charge in [-0.3, -0.25) is 4.79 Å². The fourth-order valence-corrected chi connectivity index (χ4v) is 4.09. The average molecular weight is 416 g/mol. The Bertz CT molecular complexity index is 984. The fraction of sp³-hybridized carbons (Fsp3) is 0.238. The van der Waals surface area contributed by atoms with E-state index in [1.807, 2.05) is 35.2 Å². The molecule has 0 spiro atoms. The van der Waals surface area contributed by atoms with Gasteiger partial charge in [0.15, 0.2) is 0 Å². The minimum Gasteiger partial charge on any atom is -0.380 e. The van der Waals surface area contributed by atoms with Crippen molar-refractivity contribution in [3.05, 3.63) is 69.9 Å². The zero-order valence-electron chi connectivity index (χ0n) is 15.3. The molecule has 5 nitrogen and oxygen atoms in total. The first kappa shape index (κ1) is 18.8. The molecular weight excluding hydrogens is 397 g/mol. The maximum absolute atomic E-state index is 13.3. The normalized spacial score (nSPS) is 16.4. The molecule has 1 saturated heterocycles. The molecule has 1 aliphatic rings. The molecule has 2 heterocycles. The van der Waals surface area contributed by atoms with Crippen molar-refractivity contribution in [3.63, 3.8) is 0 Å². The molecule has 28 heavy (non-hydrogen) atoms. The Kier molecular flexibility index (Phi) is 5.29. The van der Waals surface area contributed by atoms with E-state index in [4.69, 9.17) is 27.7 Å². The molecule has 1 amide bonds. The summed E-state index contributed by atoms with van der Waals surface area (Å²) in [7, 11) is 0. The molecule has 0 saturated carbocycles. The van der Waals surface area contributed by atoms with Gasteiger partial charge in [-0.15, -0.1) is 0 Å². The van der Waals surface area contributed by atoms with Crippen LogP contribution in [0.1, 0.15) is 22.5 Å². The molecule has 2 aromatic carbocycles. The third kappa shape index (κ3) is 3.60. The largest absolute Gasteiger partial charge is 0.380 e. The lowest BCUT2D eigenvalue weighted by molar-refractivity contribution is 0.0790. The van der Waals surface area contributed by atoms with Crippen molar-refractivity contribution in [1.82, 2.24) is 10.1 Å². The van der Waals surface area contributed by atoms with Crippen molar-refractivity contribution in [2.24, 2.45) is 0 Å². The molecule has 1 fully saturated rings. The van der Waals surface area contributed by atoms with Gasteiger partial charge in [-0.05, 0) is 37.6 Å². The number of halogens is 2. The van der Waals surface area contributed by atoms with Gasteiger partial charge in [0, 0.05) is 30.4 Å². The van der Waals surface area contributed by atoms with Crippen LogP contribution < -0.4 is 5.32 Å². The number of carbonyl (C=O) groups is 1. The van der Waals surface area contributed by atoms with Gasteiger partial charge in [-0.1, -0.05) is 52.6 Å². The monoisotopic (exact) mass is 415 g/mol. The van der Waals surface area contributed by atoms with E-state index in [1.54, 1.807) is 25.1 Å². The van der Waals surface area contributed by atoms with Crippen molar-refractivity contribution in [3.8, 4) is 11.3 Å². The second kappa shape index (κ2) is 7.86. The molecule has 4 rings (SSSR count). The number of anilines is 1. The highest BCUT2D eigenvalue weighted by Crippen LogP contribution is 2.37. The molecule has 144 valence electrons. The van der Waals surface area contributed by atoms with E-state index in [0.717, 1.165) is 12.1 Å². The molecular formula is C21H19Cl2N3O2. The number of rotatable bonds is 4. The van der Waals surface area contributed by atoms with Crippen molar-refractivity contribution in [1.29, 1.82) is 0 Å². The summed E-state index contributed by atoms with van der Waals surface area (Å²) in [4.78, 5) is 15.1. The molecule has 1 unspecified atom stereocenters. The van der Waals surface area contributed by atoms with E-state index >= 15 is 0 Å². The van der Waals surface area contributed by atoms with Gasteiger partial charge in [-0.25, -0.2) is 0 Å². The number of benzene rings is 2. The van der Waals surface area contributed by atoms with Gasteiger partial charge in [0.1, 0.15) is 17.0 Å². The standard InChI is InChI=1S/C21H19Cl2N3O2/c1-13-18(20(25-28-13)19-16(22)8-5-9-17(19)23)21(27)26-11-10-15(12-26)24-14-6-3-2-4-7-14/h2-9,15,24H,10-12H2,1H3. The van der Waals surface area contributed by atoms with Crippen LogP contribution in [0.4, 0.5) is 5.69 Å². The van der Waals surface area contributed by atoms with Gasteiger partial charge < -0.3 is 14.7 Å². The Hall–Kier alpha value is -2.50. The molecule has 0 bridgehead atoms. The van der Waals surface area contributed by atoms with Crippen molar-refractivity contribution in [2.45, 2.75) is 19.4 Å². The molecule has 0 aliphatic carbocycles. The maximum Gasteiger partial charge on any atom is 0.259 e. The highest BCUT2D eigenvalue weighted by atomic mass is 35.5. The Morgan fingerprint density at radius 1 is 1.14 bits per heavy atom. The van der Waals surface area contributed by atoms with Crippen LogP contribution in [0.15, 0.2) is 53.1 Å². The van der Waals surface area contributed by atoms with E-state index in [1.165, 1.54) is 0 Å². The summed E-state index contributed by atoms with van der Waals surface area (Å²) in [5.41, 5.74) is 2.36. The predicted molar refractivity (Wildman–Crippen MR) is 111 cm³/mol. The van der Waals surface area contributed by atoms with E-state index in [2.05, 4.69) is 10.5 Å². The van der Waals surface area contributed by atoms with Gasteiger partial charge in [-0.2, -0.15) is 0 Å². The Balaban J connectivity index is 1.57. The number of hydrogen-bond acceptors (Lipinski definition) is 4. The molecule has 0 radical (unpaired) electrons. The number of aryl methyl sites for hydroxylation is 1. The van der Waals surface area contributed by atoms with E-state index in [0.29, 0.717) is 45.7 Å². The van der Waals surface area contributed by atoms with Gasteiger partial charge in [0.05, 0.1) is 10.0 Å². The molecule has 7 heteroatoms. The average Bonchev–Trinajstić information content (AvgIpc) is 3.29. The lowest BCUT2D eigenvalue weighted by Crippen LogP contribution is -2.32. The number of likely N-dealkylation sites (tertiary alicyclic amines) is 1. The van der Waals surface area contributed by atoms with E-state index in [9.17, 15) is 4.79 Å². The quantitative estimate of drug-likeness (QED) is 0.629. The topological polar surface area (TPSA) is 58.4 Å². The van der Waals surface area contributed by atoms with Crippen LogP contribution in [0.3, 0.4) is 0 Å². The maximum atomic E-state index is 13.3. The Morgan fingerprint density at radius 2 is 1.86 bits per heavy atom. The summed E-state index contributed by atoms with van der Waals surface area (Å²) in [5.74, 6) is 0.331. The van der Waals surface area contributed by atoms with Crippen LogP contribution >= 0.6 is 23.2 Å². The van der Waals surface area contributed by atoms with Crippen LogP contribution in [0.5, 0.6) is 0 Å². The molecule has 1 aromatic heterocycles. The van der Waals surface area contributed by atoms with Crippen molar-refractivity contribution >= 4 is 34.8 Å². The van der Waals surface area contributed by atoms with Crippen LogP contribution in [0, 0.1) is 6.92 Å². The Labute approximate surface area is 173 Å². The molecule has 1 atom stereocenters. The SMILES string of the molecule is Cc1onc(-c2c(Cl)cccc2Cl)c1C(=O)N1CCC(Nc2ccccc2)C1. The number of hydrogen-bond donors (Lipinski definition) is 1. The summed E-state index contributed by atoms with van der Waals surface area (Å²) < 4.78 is 5.33. The highest BCUT2D eigenvalue weighted by Gasteiger charge is 2.32. The van der Waals surface area contributed by atoms with Crippen LogP contribution in [0.2, 0.25) is 10.0 Å². The second-order valence-electron chi connectivity index (χ2n) is 6.81. The number of nitrogens with one attached hydrogen (secondary N) is 1. The number of nitrogens with zero attached hydrogens (tertiary/aromatic N) is 2. The molecule has 1 N–H and O–H groups in total. The first-order valence-corrected chi connectivity index (χ1v) is 9.81. The summed E-state index contributed by atoms with van der Waals surface area (Å²) >= 11 is 12.6. The predicted octanol–water partition coefficient (Wildman–Crippen LogP) is 5.28. The lowest BCUT2D eigenvalue weighted by atomic mass is 10.0. The van der Waals surface area contributed by atoms with E-state index in [-0.39, 0.29) is 11.9 Å². The second-order valence-corrected chi connectivity index (χ2v) is 7.62. The summed E-state index contributed by atoms with van der Waals surface area (Å²) in [6.45, 7) is 2.99.